The van der Waals surface area contributed by atoms with Gasteiger partial charge in [-0.25, -0.2) is 4.79 Å². The Labute approximate surface area is 97.2 Å². The molecule has 0 radical (unpaired) electrons. The second-order valence-corrected chi connectivity index (χ2v) is 5.68. The number of ether oxygens (including phenoxy) is 1. The van der Waals surface area contributed by atoms with Crippen LogP contribution in [0.4, 0.5) is 0 Å². The predicted molar refractivity (Wildman–Crippen MR) is 59.6 cm³/mol. The van der Waals surface area contributed by atoms with E-state index in [4.69, 9.17) is 9.84 Å². The molecule has 0 aromatic heterocycles. The molecule has 2 rings (SSSR count). The van der Waals surface area contributed by atoms with Crippen LogP contribution in [-0.2, 0) is 4.79 Å². The zero-order valence-corrected chi connectivity index (χ0v) is 9.75. The van der Waals surface area contributed by atoms with Crippen LogP contribution in [0.5, 0.6) is 5.75 Å². The SMILES string of the molecule is CC1(C)Oc2cc(C(O)C(=O)O)ccc2S1. The first kappa shape index (κ1) is 11.3. The highest BCUT2D eigenvalue weighted by Crippen LogP contribution is 2.47. The third kappa shape index (κ3) is 2.01. The Hall–Kier alpha value is -1.20. The van der Waals surface area contributed by atoms with E-state index in [1.54, 1.807) is 30.0 Å². The van der Waals surface area contributed by atoms with Gasteiger partial charge in [-0.2, -0.15) is 0 Å². The van der Waals surface area contributed by atoms with Crippen molar-refractivity contribution in [3.05, 3.63) is 23.8 Å². The summed E-state index contributed by atoms with van der Waals surface area (Å²) >= 11 is 1.57. The van der Waals surface area contributed by atoms with E-state index in [1.165, 1.54) is 0 Å². The van der Waals surface area contributed by atoms with Gasteiger partial charge >= 0.3 is 5.97 Å². The normalized spacial score (nSPS) is 18.7. The Balaban J connectivity index is 2.32. The molecule has 1 aliphatic rings. The van der Waals surface area contributed by atoms with Gasteiger partial charge in [0.1, 0.15) is 5.75 Å². The molecule has 0 bridgehead atoms. The summed E-state index contributed by atoms with van der Waals surface area (Å²) < 4.78 is 5.62. The first-order valence-corrected chi connectivity index (χ1v) is 5.63. The minimum absolute atomic E-state index is 0.338. The average Bonchev–Trinajstić information content (AvgIpc) is 2.48. The fourth-order valence-corrected chi connectivity index (χ4v) is 2.55. The first-order chi connectivity index (χ1) is 7.39. The van der Waals surface area contributed by atoms with E-state index < -0.39 is 12.1 Å². The van der Waals surface area contributed by atoms with Crippen molar-refractivity contribution >= 4 is 17.7 Å². The number of fused-ring (bicyclic) bond motifs is 1. The van der Waals surface area contributed by atoms with Crippen molar-refractivity contribution in [1.29, 1.82) is 0 Å². The van der Waals surface area contributed by atoms with Gasteiger partial charge in [-0.3, -0.25) is 0 Å². The largest absolute Gasteiger partial charge is 0.479 e. The van der Waals surface area contributed by atoms with Gasteiger partial charge in [0.05, 0.1) is 4.90 Å². The Morgan fingerprint density at radius 2 is 2.19 bits per heavy atom. The molecular weight excluding hydrogens is 228 g/mol. The van der Waals surface area contributed by atoms with E-state index in [-0.39, 0.29) is 4.93 Å². The van der Waals surface area contributed by atoms with Crippen molar-refractivity contribution in [3.8, 4) is 5.75 Å². The molecule has 16 heavy (non-hydrogen) atoms. The van der Waals surface area contributed by atoms with Crippen molar-refractivity contribution in [2.75, 3.05) is 0 Å². The Bertz CT molecular complexity index is 442. The third-order valence-electron chi connectivity index (χ3n) is 2.23. The summed E-state index contributed by atoms with van der Waals surface area (Å²) in [6, 6.07) is 4.96. The lowest BCUT2D eigenvalue weighted by Crippen LogP contribution is -2.18. The molecule has 5 heteroatoms. The van der Waals surface area contributed by atoms with Gasteiger partial charge < -0.3 is 14.9 Å². The lowest BCUT2D eigenvalue weighted by molar-refractivity contribution is -0.146. The van der Waals surface area contributed by atoms with Crippen LogP contribution in [0.2, 0.25) is 0 Å². The average molecular weight is 240 g/mol. The molecule has 1 aromatic carbocycles. The van der Waals surface area contributed by atoms with Gasteiger partial charge in [0.15, 0.2) is 11.0 Å². The zero-order valence-electron chi connectivity index (χ0n) is 8.93. The van der Waals surface area contributed by atoms with Crippen molar-refractivity contribution in [2.24, 2.45) is 0 Å². The molecule has 1 heterocycles. The zero-order chi connectivity index (χ0) is 11.9. The van der Waals surface area contributed by atoms with Crippen LogP contribution in [0, 0.1) is 0 Å². The molecule has 1 aliphatic heterocycles. The standard InChI is InChI=1S/C11H12O4S/c1-11(2)15-7-5-6(9(12)10(13)14)3-4-8(7)16-11/h3-5,9,12H,1-2H3,(H,13,14). The number of aliphatic carboxylic acids is 1. The van der Waals surface area contributed by atoms with E-state index in [0.29, 0.717) is 11.3 Å². The number of carbonyl (C=O) groups is 1. The molecule has 0 saturated heterocycles. The predicted octanol–water partition coefficient (Wildman–Crippen LogP) is 2.03. The van der Waals surface area contributed by atoms with Gasteiger partial charge in [0.2, 0.25) is 0 Å². The molecule has 86 valence electrons. The van der Waals surface area contributed by atoms with Gasteiger partial charge in [0, 0.05) is 0 Å². The quantitative estimate of drug-likeness (QED) is 0.828. The van der Waals surface area contributed by atoms with Crippen LogP contribution in [0.25, 0.3) is 0 Å². The highest BCUT2D eigenvalue weighted by Gasteiger charge is 2.31. The molecule has 1 atom stereocenters. The Kier molecular flexibility index (Phi) is 2.59. The number of hydrogen-bond acceptors (Lipinski definition) is 4. The second-order valence-electron chi connectivity index (χ2n) is 4.05. The van der Waals surface area contributed by atoms with E-state index in [1.807, 2.05) is 13.8 Å². The summed E-state index contributed by atoms with van der Waals surface area (Å²) in [6.45, 7) is 3.87. The summed E-state index contributed by atoms with van der Waals surface area (Å²) in [7, 11) is 0. The number of carboxylic acid groups (broad SMARTS) is 1. The fourth-order valence-electron chi connectivity index (χ4n) is 1.55. The fraction of sp³-hybridized carbons (Fsp3) is 0.364. The minimum atomic E-state index is -1.50. The first-order valence-electron chi connectivity index (χ1n) is 4.82. The number of rotatable bonds is 2. The maximum atomic E-state index is 10.6. The molecule has 0 spiro atoms. The lowest BCUT2D eigenvalue weighted by Gasteiger charge is -2.15. The van der Waals surface area contributed by atoms with Crippen LogP contribution < -0.4 is 4.74 Å². The highest BCUT2D eigenvalue weighted by molar-refractivity contribution is 8.00. The monoisotopic (exact) mass is 240 g/mol. The van der Waals surface area contributed by atoms with Crippen molar-refractivity contribution in [2.45, 2.75) is 29.8 Å². The van der Waals surface area contributed by atoms with Crippen molar-refractivity contribution in [1.82, 2.24) is 0 Å². The molecular formula is C11H12O4S. The molecule has 0 aliphatic carbocycles. The summed E-state index contributed by atoms with van der Waals surface area (Å²) in [5, 5.41) is 18.1. The third-order valence-corrected chi connectivity index (χ3v) is 3.36. The number of aliphatic hydroxyl groups is 1. The molecule has 2 N–H and O–H groups in total. The molecule has 0 saturated carbocycles. The number of aliphatic hydroxyl groups excluding tert-OH is 1. The smallest absolute Gasteiger partial charge is 0.337 e. The van der Waals surface area contributed by atoms with Gasteiger partial charge in [0.25, 0.3) is 0 Å². The van der Waals surface area contributed by atoms with Crippen LogP contribution in [0.1, 0.15) is 25.5 Å². The van der Waals surface area contributed by atoms with Gasteiger partial charge in [-0.1, -0.05) is 17.8 Å². The summed E-state index contributed by atoms with van der Waals surface area (Å²) in [6.07, 6.45) is -1.50. The maximum absolute atomic E-state index is 10.6. The number of hydrogen-bond donors (Lipinski definition) is 2. The molecule has 4 nitrogen and oxygen atoms in total. The van der Waals surface area contributed by atoms with E-state index in [2.05, 4.69) is 0 Å². The van der Waals surface area contributed by atoms with Crippen LogP contribution in [0.3, 0.4) is 0 Å². The summed E-state index contributed by atoms with van der Waals surface area (Å²) in [5.41, 5.74) is 0.338. The van der Waals surface area contributed by atoms with Gasteiger partial charge in [-0.05, 0) is 31.5 Å². The second kappa shape index (κ2) is 3.68. The van der Waals surface area contributed by atoms with Gasteiger partial charge in [-0.15, -0.1) is 0 Å². The van der Waals surface area contributed by atoms with Crippen LogP contribution in [-0.4, -0.2) is 21.1 Å². The minimum Gasteiger partial charge on any atom is -0.479 e. The Morgan fingerprint density at radius 3 is 2.81 bits per heavy atom. The van der Waals surface area contributed by atoms with Crippen LogP contribution >= 0.6 is 11.8 Å². The number of benzene rings is 1. The Morgan fingerprint density at radius 1 is 1.50 bits per heavy atom. The molecule has 0 amide bonds. The summed E-state index contributed by atoms with van der Waals surface area (Å²) in [5.74, 6) is -0.627. The van der Waals surface area contributed by atoms with E-state index in [0.717, 1.165) is 4.90 Å². The van der Waals surface area contributed by atoms with Crippen molar-refractivity contribution in [3.63, 3.8) is 0 Å². The molecule has 1 unspecified atom stereocenters. The van der Waals surface area contributed by atoms with E-state index in [9.17, 15) is 9.90 Å². The van der Waals surface area contributed by atoms with Crippen molar-refractivity contribution < 1.29 is 19.7 Å². The highest BCUT2D eigenvalue weighted by atomic mass is 32.2. The van der Waals surface area contributed by atoms with E-state index >= 15 is 0 Å². The lowest BCUT2D eigenvalue weighted by atomic mass is 10.1. The summed E-state index contributed by atoms with van der Waals surface area (Å²) in [4.78, 5) is 11.3. The maximum Gasteiger partial charge on any atom is 0.337 e. The molecule has 0 fully saturated rings. The van der Waals surface area contributed by atoms with Crippen LogP contribution in [0.15, 0.2) is 23.1 Å². The number of carboxylic acids is 1. The number of thioether (sulfide) groups is 1. The topological polar surface area (TPSA) is 66.8 Å². The molecule has 1 aromatic rings.